The number of nitrogens with one attached hydrogen (secondary N) is 4. The number of rotatable bonds is 9. The van der Waals surface area contributed by atoms with E-state index in [1.54, 1.807) is 50.4 Å². The monoisotopic (exact) mass is 588 g/mol. The van der Waals surface area contributed by atoms with Gasteiger partial charge in [0, 0.05) is 30.8 Å². The van der Waals surface area contributed by atoms with Crippen molar-refractivity contribution in [1.82, 2.24) is 5.32 Å². The summed E-state index contributed by atoms with van der Waals surface area (Å²) in [6.07, 6.45) is 1.11. The van der Waals surface area contributed by atoms with Gasteiger partial charge in [0.05, 0.1) is 33.1 Å². The highest BCUT2D eigenvalue weighted by Gasteiger charge is 2.29. The second kappa shape index (κ2) is 13.3. The molecule has 43 heavy (non-hydrogen) atoms. The Hall–Kier alpha value is -5.06. The van der Waals surface area contributed by atoms with Crippen LogP contribution in [0.1, 0.15) is 44.4 Å². The van der Waals surface area contributed by atoms with E-state index in [9.17, 15) is 19.2 Å². The van der Waals surface area contributed by atoms with Crippen molar-refractivity contribution >= 4 is 34.8 Å². The molecule has 0 heterocycles. The van der Waals surface area contributed by atoms with Gasteiger partial charge in [-0.05, 0) is 72.9 Å². The molecule has 0 saturated carbocycles. The van der Waals surface area contributed by atoms with Crippen LogP contribution in [0.25, 0.3) is 11.1 Å². The summed E-state index contributed by atoms with van der Waals surface area (Å²) in [5.74, 6) is 0.529. The van der Waals surface area contributed by atoms with Crippen LogP contribution in [0, 0.1) is 0 Å². The van der Waals surface area contributed by atoms with E-state index in [2.05, 4.69) is 21.3 Å². The molecule has 3 aromatic rings. The van der Waals surface area contributed by atoms with Crippen molar-refractivity contribution in [3.05, 3.63) is 69.9 Å². The first-order valence-corrected chi connectivity index (χ1v) is 13.8. The average Bonchev–Trinajstić information content (AvgIpc) is 3.20. The number of carbonyl (C=O) groups excluding carboxylic acids is 3. The molecule has 3 amide bonds. The zero-order valence-electron chi connectivity index (χ0n) is 25.0. The summed E-state index contributed by atoms with van der Waals surface area (Å²) in [5.41, 5.74) is 3.81. The standard InChI is InChI=1S/C32H36N4O7/c1-17(32(40)36-22-9-7-8-21(15-22)34-18(2)37)33-26-13-11-23-24(16-27(26)39)25(35-19(3)38)12-10-20-14-28(41-4)30(42-5)31(43-6)29(20)23/h7-9,11,13-17,25H,10,12H2,1-6H3,(H,33,39)(H,34,37)(H,35,38)(H,36,40)/t17-,25-/m1/s1. The van der Waals surface area contributed by atoms with Crippen LogP contribution in [0.15, 0.2) is 53.3 Å². The lowest BCUT2D eigenvalue weighted by atomic mass is 9.95. The molecule has 11 nitrogen and oxygen atoms in total. The van der Waals surface area contributed by atoms with Crippen molar-refractivity contribution < 1.29 is 28.6 Å². The highest BCUT2D eigenvalue weighted by Crippen LogP contribution is 2.50. The molecule has 0 radical (unpaired) electrons. The zero-order valence-corrected chi connectivity index (χ0v) is 25.0. The van der Waals surface area contributed by atoms with E-state index in [-0.39, 0.29) is 28.8 Å². The summed E-state index contributed by atoms with van der Waals surface area (Å²) < 4.78 is 17.0. The maximum atomic E-state index is 13.6. The number of hydrogen-bond donors (Lipinski definition) is 4. The summed E-state index contributed by atoms with van der Waals surface area (Å²) >= 11 is 0. The van der Waals surface area contributed by atoms with Crippen LogP contribution in [-0.4, -0.2) is 45.1 Å². The highest BCUT2D eigenvalue weighted by molar-refractivity contribution is 5.97. The fourth-order valence-electron chi connectivity index (χ4n) is 5.25. The van der Waals surface area contributed by atoms with E-state index >= 15 is 0 Å². The van der Waals surface area contributed by atoms with E-state index in [0.29, 0.717) is 52.6 Å². The maximum Gasteiger partial charge on any atom is 0.246 e. The molecule has 1 aliphatic rings. The quantitative estimate of drug-likeness (QED) is 0.290. The molecule has 0 spiro atoms. The van der Waals surface area contributed by atoms with Crippen LogP contribution in [0.3, 0.4) is 0 Å². The maximum absolute atomic E-state index is 13.6. The van der Waals surface area contributed by atoms with Crippen molar-refractivity contribution in [3.8, 4) is 28.4 Å². The summed E-state index contributed by atoms with van der Waals surface area (Å²) in [7, 11) is 4.61. The molecule has 0 bridgehead atoms. The number of methoxy groups -OCH3 is 3. The third-order valence-corrected chi connectivity index (χ3v) is 7.13. The van der Waals surface area contributed by atoms with Crippen LogP contribution < -0.4 is 40.9 Å². The van der Waals surface area contributed by atoms with Gasteiger partial charge in [-0.15, -0.1) is 0 Å². The van der Waals surface area contributed by atoms with Crippen molar-refractivity contribution in [1.29, 1.82) is 0 Å². The van der Waals surface area contributed by atoms with Gasteiger partial charge in [-0.3, -0.25) is 19.2 Å². The molecule has 4 rings (SSSR count). The molecule has 1 aliphatic carbocycles. The molecule has 4 N–H and O–H groups in total. The Morgan fingerprint density at radius 1 is 0.860 bits per heavy atom. The predicted octanol–water partition coefficient (Wildman–Crippen LogP) is 4.26. The molecule has 0 unspecified atom stereocenters. The lowest BCUT2D eigenvalue weighted by Gasteiger charge is -2.19. The van der Waals surface area contributed by atoms with Gasteiger partial charge in [-0.2, -0.15) is 0 Å². The fourth-order valence-corrected chi connectivity index (χ4v) is 5.25. The summed E-state index contributed by atoms with van der Waals surface area (Å²) in [6.45, 7) is 4.47. The molecular formula is C32H36N4O7. The third-order valence-electron chi connectivity index (χ3n) is 7.13. The summed E-state index contributed by atoms with van der Waals surface area (Å²) in [6, 6.07) is 12.3. The van der Waals surface area contributed by atoms with Gasteiger partial charge in [0.25, 0.3) is 0 Å². The normalized spacial score (nSPS) is 14.1. The van der Waals surface area contributed by atoms with Gasteiger partial charge in [-0.25, -0.2) is 0 Å². The number of fused-ring (bicyclic) bond motifs is 3. The zero-order chi connectivity index (χ0) is 31.3. The lowest BCUT2D eigenvalue weighted by Crippen LogP contribution is -2.33. The Morgan fingerprint density at radius 2 is 1.56 bits per heavy atom. The minimum atomic E-state index is -0.795. The number of ether oxygens (including phenoxy) is 3. The summed E-state index contributed by atoms with van der Waals surface area (Å²) in [5, 5.41) is 11.5. The SMILES string of the molecule is COc1cc2c(c(OC)c1OC)-c1ccc(N[C@H](C)C(=O)Nc3cccc(NC(C)=O)c3)c(=O)cc1[C@H](NC(C)=O)CC2. The molecule has 2 atom stereocenters. The van der Waals surface area contributed by atoms with E-state index in [1.807, 2.05) is 6.07 Å². The van der Waals surface area contributed by atoms with E-state index in [1.165, 1.54) is 34.1 Å². The molecule has 0 fully saturated rings. The Morgan fingerprint density at radius 3 is 2.19 bits per heavy atom. The van der Waals surface area contributed by atoms with Crippen molar-refractivity contribution in [3.63, 3.8) is 0 Å². The molecule has 0 aliphatic heterocycles. The molecule has 11 heteroatoms. The topological polar surface area (TPSA) is 144 Å². The number of amides is 3. The third kappa shape index (κ3) is 6.88. The number of anilines is 3. The minimum absolute atomic E-state index is 0.199. The number of carbonyl (C=O) groups is 3. The smallest absolute Gasteiger partial charge is 0.246 e. The van der Waals surface area contributed by atoms with Crippen molar-refractivity contribution in [2.45, 2.75) is 45.7 Å². The van der Waals surface area contributed by atoms with Gasteiger partial charge in [0.1, 0.15) is 6.04 Å². The second-order valence-corrected chi connectivity index (χ2v) is 10.2. The van der Waals surface area contributed by atoms with Crippen LogP contribution in [-0.2, 0) is 20.8 Å². The van der Waals surface area contributed by atoms with Gasteiger partial charge in [-0.1, -0.05) is 12.1 Å². The highest BCUT2D eigenvalue weighted by atomic mass is 16.5. The Kier molecular flexibility index (Phi) is 9.54. The Bertz CT molecular complexity index is 1620. The Labute approximate surface area is 249 Å². The fraction of sp³-hybridized carbons (Fsp3) is 0.312. The second-order valence-electron chi connectivity index (χ2n) is 10.2. The van der Waals surface area contributed by atoms with Crippen molar-refractivity contribution in [2.75, 3.05) is 37.3 Å². The minimum Gasteiger partial charge on any atom is -0.493 e. The van der Waals surface area contributed by atoms with Crippen LogP contribution in [0.5, 0.6) is 17.2 Å². The molecular weight excluding hydrogens is 552 g/mol. The first-order chi connectivity index (χ1) is 20.6. The van der Waals surface area contributed by atoms with Gasteiger partial charge in [0.15, 0.2) is 11.5 Å². The van der Waals surface area contributed by atoms with E-state index in [4.69, 9.17) is 14.2 Å². The Balaban J connectivity index is 1.74. The van der Waals surface area contributed by atoms with Crippen LogP contribution >= 0.6 is 0 Å². The number of hydrogen-bond acceptors (Lipinski definition) is 8. The first kappa shape index (κ1) is 30.9. The van der Waals surface area contributed by atoms with Gasteiger partial charge in [0.2, 0.25) is 28.9 Å². The number of benzene rings is 2. The van der Waals surface area contributed by atoms with Crippen molar-refractivity contribution in [2.24, 2.45) is 0 Å². The largest absolute Gasteiger partial charge is 0.493 e. The van der Waals surface area contributed by atoms with E-state index < -0.39 is 12.1 Å². The molecule has 0 aromatic heterocycles. The average molecular weight is 589 g/mol. The predicted molar refractivity (Wildman–Crippen MR) is 165 cm³/mol. The summed E-state index contributed by atoms with van der Waals surface area (Å²) in [4.78, 5) is 50.2. The molecule has 226 valence electrons. The van der Waals surface area contributed by atoms with Gasteiger partial charge >= 0.3 is 0 Å². The van der Waals surface area contributed by atoms with Crippen LogP contribution in [0.4, 0.5) is 17.1 Å². The lowest BCUT2D eigenvalue weighted by molar-refractivity contribution is -0.120. The first-order valence-electron chi connectivity index (χ1n) is 13.8. The van der Waals surface area contributed by atoms with E-state index in [0.717, 1.165) is 11.1 Å². The van der Waals surface area contributed by atoms with Gasteiger partial charge < -0.3 is 35.5 Å². The van der Waals surface area contributed by atoms with Crippen LogP contribution in [0.2, 0.25) is 0 Å². The molecule has 3 aromatic carbocycles. The molecule has 0 saturated heterocycles. The number of aryl methyl sites for hydroxylation is 1.